The first kappa shape index (κ1) is 12.1. The summed E-state index contributed by atoms with van der Waals surface area (Å²) in [7, 11) is 0. The van der Waals surface area contributed by atoms with Crippen molar-refractivity contribution in [3.8, 4) is 0 Å². The van der Waals surface area contributed by atoms with Gasteiger partial charge in [0.15, 0.2) is 11.9 Å². The molecule has 0 fully saturated rings. The monoisotopic (exact) mass is 242 g/mol. The van der Waals surface area contributed by atoms with Gasteiger partial charge in [0.1, 0.15) is 0 Å². The summed E-state index contributed by atoms with van der Waals surface area (Å²) in [5.41, 5.74) is 3.56. The molecule has 4 nitrogen and oxygen atoms in total. The van der Waals surface area contributed by atoms with Gasteiger partial charge in [0.2, 0.25) is 0 Å². The predicted octanol–water partition coefficient (Wildman–Crippen LogP) is 1.20. The molecule has 4 heteroatoms. The van der Waals surface area contributed by atoms with Crippen LogP contribution in [-0.4, -0.2) is 11.0 Å². The summed E-state index contributed by atoms with van der Waals surface area (Å²) in [6.07, 6.45) is 2.06. The third-order valence-electron chi connectivity index (χ3n) is 2.58. The Bertz CT molecular complexity index is 697. The number of carbonyl (C=O) groups excluding carboxylic acids is 1. The van der Waals surface area contributed by atoms with Gasteiger partial charge in [-0.15, -0.1) is 0 Å². The highest BCUT2D eigenvalue weighted by Gasteiger charge is 2.06. The number of aryl methyl sites for hydroxylation is 1. The molecule has 0 saturated heterocycles. The number of carbonyl (C=O) groups is 1. The molecule has 1 aromatic carbocycles. The zero-order valence-corrected chi connectivity index (χ0v) is 10.3. The van der Waals surface area contributed by atoms with Crippen LogP contribution in [0.15, 0.2) is 36.5 Å². The molecule has 0 aliphatic heterocycles. The van der Waals surface area contributed by atoms with Crippen LogP contribution in [0, 0.1) is 6.92 Å². The second-order valence-corrected chi connectivity index (χ2v) is 4.11. The molecule has 2 aromatic heterocycles. The van der Waals surface area contributed by atoms with Crippen LogP contribution in [-0.2, 0) is 4.79 Å². The molecule has 3 aromatic rings. The number of carboxylic acid groups (broad SMARTS) is 1. The van der Waals surface area contributed by atoms with Gasteiger partial charge < -0.3 is 14.9 Å². The summed E-state index contributed by atoms with van der Waals surface area (Å²) in [6.45, 7) is 3.03. The second kappa shape index (κ2) is 4.87. The minimum Gasteiger partial charge on any atom is -0.550 e. The third kappa shape index (κ3) is 2.48. The first-order chi connectivity index (χ1) is 8.58. The number of hydrogen-bond donors (Lipinski definition) is 1. The van der Waals surface area contributed by atoms with Crippen LogP contribution in [0.1, 0.15) is 12.6 Å². The molecule has 2 N–H and O–H groups in total. The third-order valence-corrected chi connectivity index (χ3v) is 2.58. The Balaban J connectivity index is 0.000000267. The highest BCUT2D eigenvalue weighted by Crippen LogP contribution is 2.23. The van der Waals surface area contributed by atoms with Crippen molar-refractivity contribution < 1.29 is 14.9 Å². The fourth-order valence-corrected chi connectivity index (χ4v) is 1.90. The summed E-state index contributed by atoms with van der Waals surface area (Å²) >= 11 is 0. The average molecular weight is 242 g/mol. The van der Waals surface area contributed by atoms with Crippen LogP contribution in [0.2, 0.25) is 0 Å². The van der Waals surface area contributed by atoms with Crippen LogP contribution >= 0.6 is 0 Å². The fraction of sp³-hybridized carbons (Fsp3) is 0.143. The van der Waals surface area contributed by atoms with Crippen molar-refractivity contribution in [3.05, 3.63) is 42.2 Å². The summed E-state index contributed by atoms with van der Waals surface area (Å²) in [6, 6.07) is 10.5. The Labute approximate surface area is 104 Å². The highest BCUT2D eigenvalue weighted by molar-refractivity contribution is 6.06. The number of rotatable bonds is 0. The second-order valence-electron chi connectivity index (χ2n) is 4.11. The Kier molecular flexibility index (Phi) is 3.28. The topological polar surface area (TPSA) is 70.1 Å². The van der Waals surface area contributed by atoms with Gasteiger partial charge in [0.25, 0.3) is 0 Å². The van der Waals surface area contributed by atoms with Gasteiger partial charge >= 0.3 is 0 Å². The molecule has 3 rings (SSSR count). The molecule has 0 radical (unpaired) electrons. The molecule has 92 valence electrons. The van der Waals surface area contributed by atoms with E-state index >= 15 is 0 Å². The summed E-state index contributed by atoms with van der Waals surface area (Å²) in [5, 5.41) is 11.4. The van der Waals surface area contributed by atoms with E-state index < -0.39 is 5.97 Å². The Morgan fingerprint density at radius 1 is 1.22 bits per heavy atom. The van der Waals surface area contributed by atoms with E-state index in [4.69, 9.17) is 9.90 Å². The van der Waals surface area contributed by atoms with Crippen LogP contribution in [0.3, 0.4) is 0 Å². The maximum Gasteiger partial charge on any atom is 0.178 e. The minimum absolute atomic E-state index is 0.972. The number of para-hydroxylation sites is 1. The number of pyridine rings is 1. The number of hydrogen-bond acceptors (Lipinski definition) is 2. The molecule has 0 bridgehead atoms. The van der Waals surface area contributed by atoms with Crippen molar-refractivity contribution in [1.82, 2.24) is 4.98 Å². The lowest BCUT2D eigenvalue weighted by molar-refractivity contribution is -0.385. The average Bonchev–Trinajstić information content (AvgIpc) is 2.65. The Hall–Kier alpha value is -2.36. The van der Waals surface area contributed by atoms with Gasteiger partial charge in [-0.25, -0.2) is 4.98 Å². The molecule has 0 aliphatic rings. The van der Waals surface area contributed by atoms with E-state index in [1.165, 1.54) is 27.5 Å². The van der Waals surface area contributed by atoms with Gasteiger partial charge in [0.05, 0.1) is 10.9 Å². The van der Waals surface area contributed by atoms with Crippen LogP contribution < -0.4 is 10.1 Å². The molecule has 0 spiro atoms. The number of fused-ring (bicyclic) bond motifs is 3. The smallest absolute Gasteiger partial charge is 0.178 e. The van der Waals surface area contributed by atoms with Crippen molar-refractivity contribution in [2.75, 3.05) is 0 Å². The molecule has 0 atom stereocenters. The Morgan fingerprint density at radius 2 is 1.89 bits per heavy atom. The molecule has 0 amide bonds. The van der Waals surface area contributed by atoms with Crippen LogP contribution in [0.4, 0.5) is 0 Å². The number of nitrogens with one attached hydrogen (secondary N) is 2. The fourth-order valence-electron chi connectivity index (χ4n) is 1.90. The molecule has 0 saturated carbocycles. The van der Waals surface area contributed by atoms with Crippen molar-refractivity contribution in [2.45, 2.75) is 13.8 Å². The number of H-pyrrole nitrogens is 2. The van der Waals surface area contributed by atoms with Crippen molar-refractivity contribution >= 4 is 27.8 Å². The van der Waals surface area contributed by atoms with Crippen LogP contribution in [0.25, 0.3) is 21.8 Å². The van der Waals surface area contributed by atoms with E-state index in [-0.39, 0.29) is 0 Å². The first-order valence-corrected chi connectivity index (χ1v) is 5.64. The number of aliphatic carboxylic acids is 1. The zero-order valence-electron chi connectivity index (χ0n) is 10.3. The van der Waals surface area contributed by atoms with Gasteiger partial charge in [-0.1, -0.05) is 18.2 Å². The molecule has 18 heavy (non-hydrogen) atoms. The molecule has 0 aliphatic carbocycles. The van der Waals surface area contributed by atoms with Crippen molar-refractivity contribution in [1.29, 1.82) is 0 Å². The minimum atomic E-state index is -1.08. The maximum atomic E-state index is 8.89. The summed E-state index contributed by atoms with van der Waals surface area (Å²) in [5.74, 6) is -1.08. The van der Waals surface area contributed by atoms with Gasteiger partial charge in [-0.2, -0.15) is 0 Å². The van der Waals surface area contributed by atoms with E-state index in [1.807, 2.05) is 6.07 Å². The highest BCUT2D eigenvalue weighted by atomic mass is 16.4. The quantitative estimate of drug-likeness (QED) is 0.643. The summed E-state index contributed by atoms with van der Waals surface area (Å²) in [4.78, 5) is 15.5. The van der Waals surface area contributed by atoms with E-state index in [9.17, 15) is 0 Å². The number of benzene rings is 1. The van der Waals surface area contributed by atoms with Crippen molar-refractivity contribution in [3.63, 3.8) is 0 Å². The predicted molar refractivity (Wildman–Crippen MR) is 67.8 cm³/mol. The van der Waals surface area contributed by atoms with Crippen LogP contribution in [0.5, 0.6) is 0 Å². The number of aromatic amines is 2. The number of aromatic nitrogens is 2. The SMILES string of the molecule is CC(=O)[O-].Cc1cc2[nH]c3ccccc3c2c[nH+]1. The maximum absolute atomic E-state index is 8.89. The van der Waals surface area contributed by atoms with E-state index in [2.05, 4.69) is 47.4 Å². The van der Waals surface area contributed by atoms with Gasteiger partial charge in [-0.05, 0) is 13.0 Å². The van der Waals surface area contributed by atoms with E-state index in [0.29, 0.717) is 0 Å². The van der Waals surface area contributed by atoms with E-state index in [1.54, 1.807) is 0 Å². The molecular weight excluding hydrogens is 228 g/mol. The zero-order chi connectivity index (χ0) is 13.1. The Morgan fingerprint density at radius 3 is 2.61 bits per heavy atom. The van der Waals surface area contributed by atoms with Gasteiger partial charge in [0, 0.05) is 29.9 Å². The lowest BCUT2D eigenvalue weighted by Gasteiger charge is -1.86. The largest absolute Gasteiger partial charge is 0.550 e. The molecule has 2 heterocycles. The van der Waals surface area contributed by atoms with E-state index in [0.717, 1.165) is 6.92 Å². The van der Waals surface area contributed by atoms with Gasteiger partial charge in [-0.3, -0.25) is 0 Å². The van der Waals surface area contributed by atoms with Crippen molar-refractivity contribution in [2.24, 2.45) is 0 Å². The first-order valence-electron chi connectivity index (χ1n) is 5.64. The standard InChI is InChI=1S/C12H10N2.C2H4O2/c1-8-6-12-10(7-13-8)9-4-2-3-5-11(9)14-12;1-2(3)4/h2-7,14H,1H3;1H3,(H,3,4). The summed E-state index contributed by atoms with van der Waals surface area (Å²) < 4.78 is 0. The molecular formula is C14H14N2O2. The number of carboxylic acids is 1. The normalized spacial score (nSPS) is 10.1. The lowest BCUT2D eigenvalue weighted by Crippen LogP contribution is -2.16. The lowest BCUT2D eigenvalue weighted by atomic mass is 10.2. The molecule has 0 unspecified atom stereocenters.